The molecule has 0 atom stereocenters. The highest BCUT2D eigenvalue weighted by molar-refractivity contribution is 5.69. The number of carboxylic acid groups (broad SMARTS) is 1. The Balaban J connectivity index is 2.67. The molecule has 0 bridgehead atoms. The molecule has 0 aliphatic carbocycles. The van der Waals surface area contributed by atoms with Crippen LogP contribution in [0, 0.1) is 6.92 Å². The summed E-state index contributed by atoms with van der Waals surface area (Å²) in [6, 6.07) is 4.12. The van der Waals surface area contributed by atoms with Gasteiger partial charge in [0.25, 0.3) is 0 Å². The van der Waals surface area contributed by atoms with Gasteiger partial charge in [-0.15, -0.1) is 0 Å². The third-order valence-electron chi connectivity index (χ3n) is 2.41. The molecule has 88 valence electrons. The van der Waals surface area contributed by atoms with Gasteiger partial charge in [-0.05, 0) is 32.4 Å². The Labute approximate surface area is 95.9 Å². The van der Waals surface area contributed by atoms with Crippen LogP contribution < -0.4 is 0 Å². The molecule has 16 heavy (non-hydrogen) atoms. The maximum atomic E-state index is 10.7. The van der Waals surface area contributed by atoms with Crippen LogP contribution in [-0.2, 0) is 11.3 Å². The van der Waals surface area contributed by atoms with Gasteiger partial charge in [0, 0.05) is 18.8 Å². The summed E-state index contributed by atoms with van der Waals surface area (Å²) >= 11 is 0. The number of aliphatic carboxylic acids is 1. The van der Waals surface area contributed by atoms with Crippen molar-refractivity contribution in [1.29, 1.82) is 0 Å². The Morgan fingerprint density at radius 3 is 2.62 bits per heavy atom. The largest absolute Gasteiger partial charge is 0.480 e. The maximum Gasteiger partial charge on any atom is 0.317 e. The maximum absolute atomic E-state index is 10.7. The summed E-state index contributed by atoms with van der Waals surface area (Å²) < 4.78 is 0. The van der Waals surface area contributed by atoms with Crippen molar-refractivity contribution in [3.05, 3.63) is 29.6 Å². The molecule has 0 radical (unpaired) electrons. The first kappa shape index (κ1) is 12.6. The van der Waals surface area contributed by atoms with Crippen LogP contribution in [-0.4, -0.2) is 33.5 Å². The quantitative estimate of drug-likeness (QED) is 0.823. The highest BCUT2D eigenvalue weighted by atomic mass is 16.4. The van der Waals surface area contributed by atoms with E-state index in [9.17, 15) is 4.79 Å². The summed E-state index contributed by atoms with van der Waals surface area (Å²) in [6.45, 7) is 6.57. The van der Waals surface area contributed by atoms with E-state index in [-0.39, 0.29) is 12.6 Å². The van der Waals surface area contributed by atoms with E-state index in [4.69, 9.17) is 5.11 Å². The molecule has 1 aromatic rings. The Kier molecular flexibility index (Phi) is 4.43. The predicted molar refractivity (Wildman–Crippen MR) is 62.2 cm³/mol. The summed E-state index contributed by atoms with van der Waals surface area (Å²) in [5.74, 6) is -0.805. The number of pyridine rings is 1. The van der Waals surface area contributed by atoms with Crippen molar-refractivity contribution in [2.75, 3.05) is 6.54 Å². The lowest BCUT2D eigenvalue weighted by Crippen LogP contribution is -2.35. The van der Waals surface area contributed by atoms with Crippen molar-refractivity contribution >= 4 is 5.97 Å². The van der Waals surface area contributed by atoms with Crippen LogP contribution in [0.15, 0.2) is 18.3 Å². The van der Waals surface area contributed by atoms with Gasteiger partial charge in [0.2, 0.25) is 0 Å². The van der Waals surface area contributed by atoms with Gasteiger partial charge >= 0.3 is 5.97 Å². The highest BCUT2D eigenvalue weighted by Gasteiger charge is 2.13. The van der Waals surface area contributed by atoms with Crippen molar-refractivity contribution in [2.45, 2.75) is 33.4 Å². The lowest BCUT2D eigenvalue weighted by molar-refractivity contribution is -0.138. The standard InChI is InChI=1S/C12H18N2O2/c1-9(2)14(8-12(15)16)7-11-5-4-10(3)6-13-11/h4-6,9H,7-8H2,1-3H3,(H,15,16). The van der Waals surface area contributed by atoms with Crippen molar-refractivity contribution in [3.8, 4) is 0 Å². The minimum absolute atomic E-state index is 0.0488. The van der Waals surface area contributed by atoms with Gasteiger partial charge in [0.15, 0.2) is 0 Å². The zero-order chi connectivity index (χ0) is 12.1. The summed E-state index contributed by atoms with van der Waals surface area (Å²) in [7, 11) is 0. The van der Waals surface area contributed by atoms with Crippen LogP contribution in [0.3, 0.4) is 0 Å². The molecule has 0 spiro atoms. The van der Waals surface area contributed by atoms with Crippen molar-refractivity contribution in [3.63, 3.8) is 0 Å². The monoisotopic (exact) mass is 222 g/mol. The van der Waals surface area contributed by atoms with Crippen LogP contribution in [0.4, 0.5) is 0 Å². The SMILES string of the molecule is Cc1ccc(CN(CC(=O)O)C(C)C)nc1. The van der Waals surface area contributed by atoms with Crippen LogP contribution in [0.1, 0.15) is 25.1 Å². The molecule has 0 amide bonds. The second kappa shape index (κ2) is 5.61. The fraction of sp³-hybridized carbons (Fsp3) is 0.500. The van der Waals surface area contributed by atoms with E-state index in [1.54, 1.807) is 6.20 Å². The van der Waals surface area contributed by atoms with Crippen molar-refractivity contribution in [1.82, 2.24) is 9.88 Å². The minimum atomic E-state index is -0.805. The molecule has 4 nitrogen and oxygen atoms in total. The van der Waals surface area contributed by atoms with Gasteiger partial charge in [-0.2, -0.15) is 0 Å². The summed E-state index contributed by atoms with van der Waals surface area (Å²) in [5, 5.41) is 8.79. The zero-order valence-electron chi connectivity index (χ0n) is 9.97. The first-order chi connectivity index (χ1) is 7.49. The van der Waals surface area contributed by atoms with Gasteiger partial charge in [-0.3, -0.25) is 14.7 Å². The molecule has 0 saturated carbocycles. The molecule has 0 aromatic carbocycles. The third kappa shape index (κ3) is 3.98. The van der Waals surface area contributed by atoms with E-state index in [2.05, 4.69) is 4.98 Å². The average molecular weight is 222 g/mol. The molecule has 1 rings (SSSR count). The topological polar surface area (TPSA) is 53.4 Å². The molecule has 0 aliphatic rings. The molecule has 0 unspecified atom stereocenters. The number of aromatic nitrogens is 1. The van der Waals surface area contributed by atoms with Gasteiger partial charge in [0.1, 0.15) is 0 Å². The second-order valence-corrected chi connectivity index (χ2v) is 4.22. The number of rotatable bonds is 5. The number of nitrogens with zero attached hydrogens (tertiary/aromatic N) is 2. The van der Waals surface area contributed by atoms with Gasteiger partial charge < -0.3 is 5.11 Å². The molecular formula is C12H18N2O2. The molecule has 1 aromatic heterocycles. The van der Waals surface area contributed by atoms with Gasteiger partial charge in [0.05, 0.1) is 12.2 Å². The Morgan fingerprint density at radius 2 is 2.19 bits per heavy atom. The zero-order valence-corrected chi connectivity index (χ0v) is 9.97. The van der Waals surface area contributed by atoms with Crippen LogP contribution in [0.5, 0.6) is 0 Å². The van der Waals surface area contributed by atoms with E-state index in [0.717, 1.165) is 11.3 Å². The summed E-state index contributed by atoms with van der Waals surface area (Å²) in [5.41, 5.74) is 2.01. The van der Waals surface area contributed by atoms with E-state index >= 15 is 0 Å². The molecule has 0 saturated heterocycles. The Bertz CT molecular complexity index is 347. The minimum Gasteiger partial charge on any atom is -0.480 e. The van der Waals surface area contributed by atoms with Crippen LogP contribution in [0.25, 0.3) is 0 Å². The molecule has 0 aliphatic heterocycles. The lowest BCUT2D eigenvalue weighted by Gasteiger charge is -2.23. The average Bonchev–Trinajstić information content (AvgIpc) is 2.19. The fourth-order valence-corrected chi connectivity index (χ4v) is 1.39. The number of hydrogen-bond acceptors (Lipinski definition) is 3. The Morgan fingerprint density at radius 1 is 1.50 bits per heavy atom. The highest BCUT2D eigenvalue weighted by Crippen LogP contribution is 2.06. The summed E-state index contributed by atoms with van der Waals surface area (Å²) in [4.78, 5) is 16.8. The van der Waals surface area contributed by atoms with Gasteiger partial charge in [-0.25, -0.2) is 0 Å². The molecule has 0 fully saturated rings. The van der Waals surface area contributed by atoms with Crippen molar-refractivity contribution < 1.29 is 9.90 Å². The third-order valence-corrected chi connectivity index (χ3v) is 2.41. The Hall–Kier alpha value is -1.42. The number of carboxylic acids is 1. The number of carbonyl (C=O) groups is 1. The van der Waals surface area contributed by atoms with Crippen molar-refractivity contribution in [2.24, 2.45) is 0 Å². The number of hydrogen-bond donors (Lipinski definition) is 1. The molecule has 1 heterocycles. The lowest BCUT2D eigenvalue weighted by atomic mass is 10.2. The smallest absolute Gasteiger partial charge is 0.317 e. The van der Waals surface area contributed by atoms with Crippen LogP contribution in [0.2, 0.25) is 0 Å². The molecule has 4 heteroatoms. The molecular weight excluding hydrogens is 204 g/mol. The van der Waals surface area contributed by atoms with Gasteiger partial charge in [-0.1, -0.05) is 6.07 Å². The van der Waals surface area contributed by atoms with E-state index in [0.29, 0.717) is 6.54 Å². The van der Waals surface area contributed by atoms with E-state index in [1.165, 1.54) is 0 Å². The molecule has 1 N–H and O–H groups in total. The predicted octanol–water partition coefficient (Wildman–Crippen LogP) is 1.69. The number of aryl methyl sites for hydroxylation is 1. The first-order valence-electron chi connectivity index (χ1n) is 5.36. The van der Waals surface area contributed by atoms with E-state index in [1.807, 2.05) is 37.8 Å². The normalized spacial score (nSPS) is 11.1. The van der Waals surface area contributed by atoms with E-state index < -0.39 is 5.97 Å². The first-order valence-corrected chi connectivity index (χ1v) is 5.36. The van der Waals surface area contributed by atoms with Crippen LogP contribution >= 0.6 is 0 Å². The fourth-order valence-electron chi connectivity index (χ4n) is 1.39. The summed E-state index contributed by atoms with van der Waals surface area (Å²) in [6.07, 6.45) is 1.80. The second-order valence-electron chi connectivity index (χ2n) is 4.22.